The molecular weight excluding hydrogens is 711 g/mol. The fraction of sp³-hybridized carbons (Fsp3) is 0.708. The molecule has 328 valence electrons. The Balaban J connectivity index is 0. The zero-order valence-electron chi connectivity index (χ0n) is 40.1. The molecule has 2 heterocycles. The standard InChI is InChI=1S/C16H25N3O3.C12H18O.C10H20N2.2C5H12/c1-6-10-17-13(20)18(11-7-2)15(22)19(14(17)21)12-8-9-16(3,4)5;1-12(2,3)9-10-5-7-11(13-4)8-6-10;1-10(2,3)5-4-7-12-8-6-11-9-12;2*1-5(2,3)4/h6-7H,1-2,8-12H2,3-5H3;5-8H,9H2,1-4H3;9H,4-8H2,1-3H3;2*1-4H3. The molecule has 0 spiro atoms. The second kappa shape index (κ2) is 25.7. The number of ether oxygens (including phenoxy) is 1. The summed E-state index contributed by atoms with van der Waals surface area (Å²) in [6.45, 7) is 48.3. The van der Waals surface area contributed by atoms with Crippen LogP contribution in [0.25, 0.3) is 0 Å². The molecule has 0 atom stereocenters. The molecule has 9 nitrogen and oxygen atoms in total. The van der Waals surface area contributed by atoms with E-state index in [-0.39, 0.29) is 18.5 Å². The molecule has 0 bridgehead atoms. The van der Waals surface area contributed by atoms with Crippen molar-refractivity contribution in [2.75, 3.05) is 26.7 Å². The fourth-order valence-corrected chi connectivity index (χ4v) is 4.97. The summed E-state index contributed by atoms with van der Waals surface area (Å²) in [7, 11) is 1.69. The van der Waals surface area contributed by atoms with Crippen molar-refractivity contribution in [3.8, 4) is 5.75 Å². The molecule has 0 unspecified atom stereocenters. The third kappa shape index (κ3) is 32.1. The van der Waals surface area contributed by atoms with E-state index in [4.69, 9.17) is 4.74 Å². The molecule has 0 amide bonds. The Morgan fingerprint density at radius 1 is 0.614 bits per heavy atom. The lowest BCUT2D eigenvalue weighted by atomic mass is 9.88. The third-order valence-corrected chi connectivity index (χ3v) is 7.34. The van der Waals surface area contributed by atoms with Crippen LogP contribution < -0.4 is 21.8 Å². The average molecular weight is 798 g/mol. The van der Waals surface area contributed by atoms with Crippen molar-refractivity contribution in [3.05, 3.63) is 86.6 Å². The van der Waals surface area contributed by atoms with Gasteiger partial charge in [-0.1, -0.05) is 142 Å². The topological polar surface area (TPSA) is 90.8 Å². The maximum absolute atomic E-state index is 12.4. The molecule has 1 aliphatic heterocycles. The second-order valence-electron chi connectivity index (χ2n) is 21.8. The minimum absolute atomic E-state index is 0.0777. The van der Waals surface area contributed by atoms with E-state index in [1.165, 1.54) is 37.1 Å². The first kappa shape index (κ1) is 55.5. The molecule has 0 fully saturated rings. The predicted molar refractivity (Wildman–Crippen MR) is 248 cm³/mol. The maximum Gasteiger partial charge on any atom is 0.336 e. The van der Waals surface area contributed by atoms with E-state index in [9.17, 15) is 14.4 Å². The van der Waals surface area contributed by atoms with Crippen LogP contribution in [0, 0.1) is 27.1 Å². The third-order valence-electron chi connectivity index (χ3n) is 7.34. The van der Waals surface area contributed by atoms with Gasteiger partial charge in [0.25, 0.3) is 0 Å². The monoisotopic (exact) mass is 798 g/mol. The van der Waals surface area contributed by atoms with Crippen LogP contribution in [0.5, 0.6) is 5.75 Å². The SMILES string of the molecule is C=CCn1c(=O)n(CC=C)c(=O)n(CCCC(C)(C)C)c1=O.CC(C)(C)C.CC(C)(C)C.CC(C)(C)CCCN1C=NCC1.COc1ccc(CC(C)(C)C)cc1. The molecule has 0 saturated heterocycles. The highest BCUT2D eigenvalue weighted by Gasteiger charge is 2.16. The number of hydrogen-bond acceptors (Lipinski definition) is 6. The van der Waals surface area contributed by atoms with Gasteiger partial charge in [0.2, 0.25) is 0 Å². The number of nitrogens with zero attached hydrogens (tertiary/aromatic N) is 5. The molecule has 1 aromatic carbocycles. The number of benzene rings is 1. The van der Waals surface area contributed by atoms with Crippen LogP contribution in [0.1, 0.15) is 149 Å². The van der Waals surface area contributed by atoms with Gasteiger partial charge in [-0.05, 0) is 76.9 Å². The highest BCUT2D eigenvalue weighted by Crippen LogP contribution is 2.23. The van der Waals surface area contributed by atoms with Gasteiger partial charge in [-0.3, -0.25) is 4.99 Å². The summed E-state index contributed by atoms with van der Waals surface area (Å²) in [5, 5.41) is 0. The van der Waals surface area contributed by atoms with Gasteiger partial charge in [0.05, 0.1) is 33.1 Å². The first-order valence-electron chi connectivity index (χ1n) is 20.8. The maximum atomic E-state index is 12.4. The van der Waals surface area contributed by atoms with E-state index in [2.05, 4.69) is 153 Å². The minimum atomic E-state index is -0.623. The summed E-state index contributed by atoms with van der Waals surface area (Å²) >= 11 is 0. The quantitative estimate of drug-likeness (QED) is 0.200. The predicted octanol–water partition coefficient (Wildman–Crippen LogP) is 10.9. The zero-order valence-corrected chi connectivity index (χ0v) is 40.1. The molecule has 0 radical (unpaired) electrons. The largest absolute Gasteiger partial charge is 0.497 e. The van der Waals surface area contributed by atoms with Crippen LogP contribution in [0.3, 0.4) is 0 Å². The first-order valence-corrected chi connectivity index (χ1v) is 20.8. The minimum Gasteiger partial charge on any atom is -0.497 e. The lowest BCUT2D eigenvalue weighted by molar-refractivity contribution is 0.336. The fourth-order valence-electron chi connectivity index (χ4n) is 4.97. The lowest BCUT2D eigenvalue weighted by Gasteiger charge is -2.20. The van der Waals surface area contributed by atoms with Gasteiger partial charge in [0, 0.05) is 19.6 Å². The highest BCUT2D eigenvalue weighted by molar-refractivity contribution is 5.56. The first-order chi connectivity index (χ1) is 25.8. The van der Waals surface area contributed by atoms with Crippen molar-refractivity contribution in [2.24, 2.45) is 32.1 Å². The van der Waals surface area contributed by atoms with E-state index >= 15 is 0 Å². The van der Waals surface area contributed by atoms with E-state index in [1.807, 2.05) is 18.5 Å². The Morgan fingerprint density at radius 2 is 1.00 bits per heavy atom. The Hall–Kier alpha value is -3.62. The van der Waals surface area contributed by atoms with E-state index in [0.29, 0.717) is 34.6 Å². The van der Waals surface area contributed by atoms with Crippen molar-refractivity contribution in [3.63, 3.8) is 0 Å². The molecule has 0 aliphatic carbocycles. The van der Waals surface area contributed by atoms with Gasteiger partial charge in [-0.2, -0.15) is 0 Å². The normalized spacial score (nSPS) is 12.8. The number of aromatic nitrogens is 3. The molecule has 9 heteroatoms. The summed E-state index contributed by atoms with van der Waals surface area (Å²) < 4.78 is 8.27. The van der Waals surface area contributed by atoms with Crippen LogP contribution in [-0.4, -0.2) is 51.7 Å². The van der Waals surface area contributed by atoms with Crippen molar-refractivity contribution < 1.29 is 4.74 Å². The summed E-state index contributed by atoms with van der Waals surface area (Å²) in [6, 6.07) is 8.29. The zero-order chi connectivity index (χ0) is 44.8. The molecule has 0 N–H and O–H groups in total. The summed E-state index contributed by atoms with van der Waals surface area (Å²) in [4.78, 5) is 43.4. The number of hydrogen-bond donors (Lipinski definition) is 0. The van der Waals surface area contributed by atoms with Crippen molar-refractivity contribution in [1.82, 2.24) is 18.6 Å². The molecule has 2 aromatic rings. The summed E-state index contributed by atoms with van der Waals surface area (Å²) in [6.07, 6.45) is 10.2. The van der Waals surface area contributed by atoms with Crippen LogP contribution in [0.4, 0.5) is 0 Å². The van der Waals surface area contributed by atoms with Crippen molar-refractivity contribution in [2.45, 2.75) is 169 Å². The Kier molecular flexibility index (Phi) is 25.0. The van der Waals surface area contributed by atoms with Gasteiger partial charge >= 0.3 is 17.1 Å². The Morgan fingerprint density at radius 3 is 1.32 bits per heavy atom. The van der Waals surface area contributed by atoms with E-state index in [0.717, 1.165) is 45.4 Å². The smallest absolute Gasteiger partial charge is 0.336 e. The van der Waals surface area contributed by atoms with Gasteiger partial charge in [-0.25, -0.2) is 28.1 Å². The van der Waals surface area contributed by atoms with Gasteiger partial charge in [0.1, 0.15) is 5.75 Å². The summed E-state index contributed by atoms with van der Waals surface area (Å²) in [5.41, 5.74) is 1.55. The second-order valence-corrected chi connectivity index (χ2v) is 21.8. The Bertz CT molecular complexity index is 1550. The number of methoxy groups -OCH3 is 1. The number of allylic oxidation sites excluding steroid dienone is 2. The number of aliphatic imine (C=N–C) groups is 1. The molecule has 1 aliphatic rings. The van der Waals surface area contributed by atoms with Crippen LogP contribution >= 0.6 is 0 Å². The van der Waals surface area contributed by atoms with E-state index < -0.39 is 17.1 Å². The van der Waals surface area contributed by atoms with Crippen LogP contribution in [-0.2, 0) is 26.1 Å². The van der Waals surface area contributed by atoms with Crippen molar-refractivity contribution in [1.29, 1.82) is 0 Å². The highest BCUT2D eigenvalue weighted by atomic mass is 16.5. The average Bonchev–Trinajstić information content (AvgIpc) is 3.54. The van der Waals surface area contributed by atoms with Crippen LogP contribution in [0.15, 0.2) is 69.0 Å². The van der Waals surface area contributed by atoms with E-state index in [1.54, 1.807) is 7.11 Å². The van der Waals surface area contributed by atoms with Gasteiger partial charge in [-0.15, -0.1) is 13.2 Å². The Labute approximate surface area is 349 Å². The molecule has 0 saturated carbocycles. The van der Waals surface area contributed by atoms with Gasteiger partial charge < -0.3 is 9.64 Å². The van der Waals surface area contributed by atoms with Crippen molar-refractivity contribution >= 4 is 6.34 Å². The molecule has 57 heavy (non-hydrogen) atoms. The van der Waals surface area contributed by atoms with Gasteiger partial charge in [0.15, 0.2) is 0 Å². The lowest BCUT2D eigenvalue weighted by Crippen LogP contribution is -2.54. The van der Waals surface area contributed by atoms with Crippen LogP contribution in [0.2, 0.25) is 0 Å². The molecule has 3 rings (SSSR count). The molecule has 1 aromatic heterocycles. The number of rotatable bonds is 12. The summed E-state index contributed by atoms with van der Waals surface area (Å²) in [5.74, 6) is 0.928. The molecular formula is C48H87N5O4.